The molecule has 0 aliphatic rings. The van der Waals surface area contributed by atoms with Gasteiger partial charge in [0.2, 0.25) is 0 Å². The van der Waals surface area contributed by atoms with Crippen LogP contribution in [0, 0.1) is 13.8 Å². The summed E-state index contributed by atoms with van der Waals surface area (Å²) in [5, 5.41) is 21.0. The Morgan fingerprint density at radius 2 is 1.14 bits per heavy atom. The van der Waals surface area contributed by atoms with Gasteiger partial charge in [0.15, 0.2) is 0 Å². The number of aromatic hydroxyl groups is 2. The number of hydrogen-bond donors (Lipinski definition) is 2. The Balaban J connectivity index is 2.76. The Morgan fingerprint density at radius 1 is 0.786 bits per heavy atom. The molecule has 0 radical (unpaired) electrons. The van der Waals surface area contributed by atoms with Crippen molar-refractivity contribution >= 4 is 0 Å². The first-order valence-corrected chi connectivity index (χ1v) is 10.1. The summed E-state index contributed by atoms with van der Waals surface area (Å²) in [6.07, 6.45) is 2.75. The summed E-state index contributed by atoms with van der Waals surface area (Å²) in [5.41, 5.74) is 6.17. The van der Waals surface area contributed by atoms with E-state index in [1.54, 1.807) is 0 Å². The van der Waals surface area contributed by atoms with E-state index in [1.165, 1.54) is 11.1 Å². The quantitative estimate of drug-likeness (QED) is 0.560. The lowest BCUT2D eigenvalue weighted by atomic mass is 9.77. The molecule has 0 unspecified atom stereocenters. The maximum atomic E-state index is 10.5. The van der Waals surface area contributed by atoms with Crippen molar-refractivity contribution in [3.05, 3.63) is 70.3 Å². The van der Waals surface area contributed by atoms with E-state index in [2.05, 4.69) is 74.1 Å². The smallest absolute Gasteiger partial charge is 0.119 e. The number of rotatable bonds is 4. The fraction of sp³-hybridized carbons (Fsp3) is 0.462. The van der Waals surface area contributed by atoms with Gasteiger partial charge in [0, 0.05) is 5.92 Å². The third-order valence-electron chi connectivity index (χ3n) is 5.54. The lowest BCUT2D eigenvalue weighted by molar-refractivity contribution is 0.445. The summed E-state index contributed by atoms with van der Waals surface area (Å²) in [6, 6.07) is 8.07. The van der Waals surface area contributed by atoms with E-state index in [4.69, 9.17) is 0 Å². The molecule has 0 aromatic heterocycles. The predicted octanol–water partition coefficient (Wildman–Crippen LogP) is 7.02. The fourth-order valence-corrected chi connectivity index (χ4v) is 3.96. The van der Waals surface area contributed by atoms with Crippen LogP contribution in [0.1, 0.15) is 87.3 Å². The van der Waals surface area contributed by atoms with E-state index >= 15 is 0 Å². The van der Waals surface area contributed by atoms with Crippen LogP contribution in [0.25, 0.3) is 0 Å². The molecule has 0 spiro atoms. The van der Waals surface area contributed by atoms with Gasteiger partial charge in [-0.15, -0.1) is 6.58 Å². The Morgan fingerprint density at radius 3 is 1.43 bits per heavy atom. The molecular formula is C26H36O2. The molecule has 2 aromatic carbocycles. The molecule has 2 nitrogen and oxygen atoms in total. The molecule has 0 aliphatic carbocycles. The molecule has 2 heteroatoms. The Labute approximate surface area is 170 Å². The van der Waals surface area contributed by atoms with Crippen molar-refractivity contribution < 1.29 is 10.2 Å². The van der Waals surface area contributed by atoms with Crippen molar-refractivity contribution in [1.29, 1.82) is 0 Å². The summed E-state index contributed by atoms with van der Waals surface area (Å²) in [4.78, 5) is 0. The van der Waals surface area contributed by atoms with Crippen molar-refractivity contribution in [3.63, 3.8) is 0 Å². The summed E-state index contributed by atoms with van der Waals surface area (Å²) >= 11 is 0. The van der Waals surface area contributed by atoms with Gasteiger partial charge >= 0.3 is 0 Å². The van der Waals surface area contributed by atoms with Gasteiger partial charge in [-0.3, -0.25) is 0 Å². The monoisotopic (exact) mass is 380 g/mol. The highest BCUT2D eigenvalue weighted by Gasteiger charge is 2.26. The molecule has 0 saturated carbocycles. The highest BCUT2D eigenvalue weighted by molar-refractivity contribution is 5.52. The van der Waals surface area contributed by atoms with Crippen molar-refractivity contribution in [3.8, 4) is 11.5 Å². The highest BCUT2D eigenvalue weighted by Crippen LogP contribution is 2.42. The van der Waals surface area contributed by atoms with Crippen molar-refractivity contribution in [2.75, 3.05) is 0 Å². The summed E-state index contributed by atoms with van der Waals surface area (Å²) in [7, 11) is 0. The third kappa shape index (κ3) is 4.43. The van der Waals surface area contributed by atoms with E-state index < -0.39 is 0 Å². The van der Waals surface area contributed by atoms with Crippen LogP contribution in [-0.2, 0) is 10.8 Å². The van der Waals surface area contributed by atoms with E-state index in [0.29, 0.717) is 11.5 Å². The molecule has 0 atom stereocenters. The lowest BCUT2D eigenvalue weighted by Gasteiger charge is -2.28. The van der Waals surface area contributed by atoms with E-state index in [0.717, 1.165) is 28.7 Å². The van der Waals surface area contributed by atoms with Crippen molar-refractivity contribution in [2.45, 2.75) is 78.6 Å². The first-order chi connectivity index (χ1) is 12.8. The molecule has 152 valence electrons. The van der Waals surface area contributed by atoms with Gasteiger partial charge < -0.3 is 10.2 Å². The van der Waals surface area contributed by atoms with Crippen LogP contribution >= 0.6 is 0 Å². The number of phenolic OH excluding ortho intramolecular Hbond substituents is 2. The zero-order valence-electron chi connectivity index (χ0n) is 18.8. The molecule has 0 saturated heterocycles. The largest absolute Gasteiger partial charge is 0.508 e. The maximum absolute atomic E-state index is 10.5. The average Bonchev–Trinajstić information content (AvgIpc) is 2.51. The number of aryl methyl sites for hydroxylation is 2. The number of benzene rings is 2. The van der Waals surface area contributed by atoms with Gasteiger partial charge in [-0.05, 0) is 76.6 Å². The Kier molecular flexibility index (Phi) is 6.04. The molecule has 0 amide bonds. The van der Waals surface area contributed by atoms with Gasteiger partial charge in [0.1, 0.15) is 11.5 Å². The molecule has 28 heavy (non-hydrogen) atoms. The molecule has 2 N–H and O–H groups in total. The van der Waals surface area contributed by atoms with Crippen LogP contribution < -0.4 is 0 Å². The summed E-state index contributed by atoms with van der Waals surface area (Å²) in [6.45, 7) is 20.8. The SMILES string of the molecule is C=CCC(c1cc(C(C)(C)C)c(O)cc1C)c1cc(C(C)(C)C)c(O)cc1C. The fourth-order valence-electron chi connectivity index (χ4n) is 3.96. The number of allylic oxidation sites excluding steroid dienone is 1. The van der Waals surface area contributed by atoms with Crippen LogP contribution in [0.5, 0.6) is 11.5 Å². The van der Waals surface area contributed by atoms with Crippen molar-refractivity contribution in [1.82, 2.24) is 0 Å². The van der Waals surface area contributed by atoms with Gasteiger partial charge in [0.05, 0.1) is 0 Å². The Bertz CT molecular complexity index is 807. The minimum absolute atomic E-state index is 0.126. The molecule has 2 aromatic rings. The van der Waals surface area contributed by atoms with Gasteiger partial charge in [0.25, 0.3) is 0 Å². The van der Waals surface area contributed by atoms with Gasteiger partial charge in [-0.25, -0.2) is 0 Å². The van der Waals surface area contributed by atoms with E-state index in [9.17, 15) is 10.2 Å². The molecule has 2 rings (SSSR count). The zero-order chi connectivity index (χ0) is 21.4. The lowest BCUT2D eigenvalue weighted by Crippen LogP contribution is -2.15. The second-order valence-electron chi connectivity index (χ2n) is 10.0. The van der Waals surface area contributed by atoms with Crippen LogP contribution in [0.2, 0.25) is 0 Å². The minimum atomic E-state index is -0.147. The third-order valence-corrected chi connectivity index (χ3v) is 5.54. The van der Waals surface area contributed by atoms with Crippen LogP contribution in [-0.4, -0.2) is 10.2 Å². The molecule has 0 aliphatic heterocycles. The van der Waals surface area contributed by atoms with Gasteiger partial charge in [-0.2, -0.15) is 0 Å². The van der Waals surface area contributed by atoms with E-state index in [-0.39, 0.29) is 16.7 Å². The summed E-state index contributed by atoms with van der Waals surface area (Å²) < 4.78 is 0. The van der Waals surface area contributed by atoms with Crippen LogP contribution in [0.15, 0.2) is 36.9 Å². The van der Waals surface area contributed by atoms with Crippen molar-refractivity contribution in [2.24, 2.45) is 0 Å². The number of phenols is 2. The summed E-state index contributed by atoms with van der Waals surface area (Å²) in [5.74, 6) is 0.828. The standard InChI is InChI=1S/C26H36O2/c1-10-11-18(19-14-21(25(4,5)6)23(27)12-16(19)2)20-15-22(26(7,8)9)24(28)13-17(20)3/h10,12-15,18,27-28H,1,11H2,2-9H3. The zero-order valence-corrected chi connectivity index (χ0v) is 18.8. The molecular weight excluding hydrogens is 344 g/mol. The maximum Gasteiger partial charge on any atom is 0.119 e. The first-order valence-electron chi connectivity index (χ1n) is 10.1. The normalized spacial score (nSPS) is 12.5. The first kappa shape index (κ1) is 22.1. The molecule has 0 bridgehead atoms. The van der Waals surface area contributed by atoms with Crippen LogP contribution in [0.3, 0.4) is 0 Å². The van der Waals surface area contributed by atoms with Crippen LogP contribution in [0.4, 0.5) is 0 Å². The second kappa shape index (κ2) is 7.66. The van der Waals surface area contributed by atoms with Gasteiger partial charge in [-0.1, -0.05) is 59.8 Å². The average molecular weight is 381 g/mol. The second-order valence-corrected chi connectivity index (χ2v) is 10.0. The highest BCUT2D eigenvalue weighted by atomic mass is 16.3. The molecule has 0 heterocycles. The van der Waals surface area contributed by atoms with E-state index in [1.807, 2.05) is 18.2 Å². The molecule has 0 fully saturated rings. The topological polar surface area (TPSA) is 40.5 Å². The minimum Gasteiger partial charge on any atom is -0.508 e. The predicted molar refractivity (Wildman–Crippen MR) is 120 cm³/mol. The number of hydrogen-bond acceptors (Lipinski definition) is 2. The Hall–Kier alpha value is -2.22.